The third kappa shape index (κ3) is 4.29. The lowest BCUT2D eigenvalue weighted by Crippen LogP contribution is -2.61. The van der Waals surface area contributed by atoms with Crippen molar-refractivity contribution in [2.75, 3.05) is 0 Å². The van der Waals surface area contributed by atoms with Crippen molar-refractivity contribution >= 4 is 18.3 Å². The van der Waals surface area contributed by atoms with Gasteiger partial charge in [-0.15, -0.1) is 0 Å². The van der Waals surface area contributed by atoms with E-state index in [0.717, 1.165) is 55.2 Å². The maximum Gasteiger partial charge on any atom is 0.308 e. The van der Waals surface area contributed by atoms with Crippen LogP contribution >= 0.6 is 0 Å². The molecule has 0 aliphatic heterocycles. The summed E-state index contributed by atoms with van der Waals surface area (Å²) < 4.78 is 11.6. The van der Waals surface area contributed by atoms with Crippen molar-refractivity contribution in [3.8, 4) is 11.5 Å². The molecule has 3 rings (SSSR count). The number of fused-ring (bicyclic) bond motifs is 3. The summed E-state index contributed by atoms with van der Waals surface area (Å²) in [5, 5.41) is 0. The Kier molecular flexibility index (Phi) is 6.97. The zero-order chi connectivity index (χ0) is 24.7. The van der Waals surface area contributed by atoms with E-state index in [1.54, 1.807) is 0 Å². The number of amides is 1. The van der Waals surface area contributed by atoms with Crippen LogP contribution in [-0.2, 0) is 26.3 Å². The second kappa shape index (κ2) is 9.11. The lowest BCUT2D eigenvalue weighted by molar-refractivity contribution is -0.142. The van der Waals surface area contributed by atoms with Crippen LogP contribution in [0.5, 0.6) is 11.5 Å². The first-order valence-electron chi connectivity index (χ1n) is 12.2. The fourth-order valence-corrected chi connectivity index (χ4v) is 6.46. The molecule has 0 bridgehead atoms. The van der Waals surface area contributed by atoms with Gasteiger partial charge in [0, 0.05) is 31.0 Å². The molecule has 6 nitrogen and oxygen atoms in total. The average Bonchev–Trinajstić information content (AvgIpc) is 2.68. The van der Waals surface area contributed by atoms with Gasteiger partial charge in [-0.25, -0.2) is 0 Å². The second-order valence-corrected chi connectivity index (χ2v) is 11.0. The van der Waals surface area contributed by atoms with Gasteiger partial charge in [-0.05, 0) is 62.3 Å². The smallest absolute Gasteiger partial charge is 0.308 e. The molecule has 0 aromatic heterocycles. The summed E-state index contributed by atoms with van der Waals surface area (Å²) in [7, 11) is 0. The molecule has 0 spiro atoms. The minimum atomic E-state index is -0.638. The Bertz CT molecular complexity index is 948. The number of rotatable bonds is 6. The zero-order valence-electron chi connectivity index (χ0n) is 21.4. The Hall–Kier alpha value is -2.37. The van der Waals surface area contributed by atoms with Crippen molar-refractivity contribution in [3.05, 3.63) is 22.8 Å². The number of benzene rings is 1. The lowest BCUT2D eigenvalue weighted by atomic mass is 9.52. The van der Waals surface area contributed by atoms with Crippen LogP contribution in [0.25, 0.3) is 0 Å². The fourth-order valence-electron chi connectivity index (χ4n) is 6.46. The van der Waals surface area contributed by atoms with Crippen LogP contribution in [-0.4, -0.2) is 29.3 Å². The van der Waals surface area contributed by atoms with Crippen molar-refractivity contribution in [2.24, 2.45) is 11.3 Å². The van der Waals surface area contributed by atoms with E-state index in [1.807, 2.05) is 32.6 Å². The predicted molar refractivity (Wildman–Crippen MR) is 127 cm³/mol. The second-order valence-electron chi connectivity index (χ2n) is 11.0. The Morgan fingerprint density at radius 3 is 2.18 bits per heavy atom. The SMILES string of the molecule is CC(=O)Oc1c(C(C)C)cc2c(c1OC(C)=O)[C@@]1(N(C=O)C(C)C)CCCC(C)(C)[C@@H]1CC2. The molecule has 1 fully saturated rings. The molecule has 0 N–H and O–H groups in total. The van der Waals surface area contributed by atoms with E-state index in [0.29, 0.717) is 11.5 Å². The van der Waals surface area contributed by atoms with Gasteiger partial charge in [0.15, 0.2) is 11.5 Å². The van der Waals surface area contributed by atoms with Gasteiger partial charge in [0.2, 0.25) is 6.41 Å². The molecule has 1 saturated carbocycles. The molecule has 2 aliphatic carbocycles. The summed E-state index contributed by atoms with van der Waals surface area (Å²) in [6.07, 6.45) is 5.52. The van der Waals surface area contributed by atoms with Gasteiger partial charge in [-0.3, -0.25) is 14.4 Å². The normalized spacial score (nSPS) is 23.5. The Balaban J connectivity index is 2.48. The summed E-state index contributed by atoms with van der Waals surface area (Å²) in [4.78, 5) is 39.0. The number of carbonyl (C=O) groups excluding carboxylic acids is 3. The van der Waals surface area contributed by atoms with Gasteiger partial charge in [0.25, 0.3) is 0 Å². The van der Waals surface area contributed by atoms with Gasteiger partial charge in [-0.1, -0.05) is 40.2 Å². The molecule has 33 heavy (non-hydrogen) atoms. The van der Waals surface area contributed by atoms with Crippen molar-refractivity contribution in [1.29, 1.82) is 0 Å². The minimum Gasteiger partial charge on any atom is -0.422 e. The summed E-state index contributed by atoms with van der Waals surface area (Å²) in [6, 6.07) is 2.06. The van der Waals surface area contributed by atoms with Crippen molar-refractivity contribution < 1.29 is 23.9 Å². The van der Waals surface area contributed by atoms with Gasteiger partial charge in [-0.2, -0.15) is 0 Å². The van der Waals surface area contributed by atoms with Crippen LogP contribution in [0.1, 0.15) is 104 Å². The molecule has 0 unspecified atom stereocenters. The number of hydrogen-bond acceptors (Lipinski definition) is 5. The number of hydrogen-bond donors (Lipinski definition) is 0. The predicted octanol–water partition coefficient (Wildman–Crippen LogP) is 5.50. The summed E-state index contributed by atoms with van der Waals surface area (Å²) in [5.41, 5.74) is 2.12. The van der Waals surface area contributed by atoms with Crippen LogP contribution in [0.2, 0.25) is 0 Å². The molecule has 1 aromatic carbocycles. The van der Waals surface area contributed by atoms with Crippen molar-refractivity contribution in [1.82, 2.24) is 4.90 Å². The third-order valence-electron chi connectivity index (χ3n) is 7.62. The van der Waals surface area contributed by atoms with Crippen LogP contribution in [0.3, 0.4) is 0 Å². The van der Waals surface area contributed by atoms with Crippen molar-refractivity contribution in [2.45, 2.75) is 105 Å². The number of esters is 2. The van der Waals surface area contributed by atoms with E-state index < -0.39 is 17.5 Å². The molecule has 1 aromatic rings. The average molecular weight is 458 g/mol. The first-order valence-corrected chi connectivity index (χ1v) is 12.2. The first kappa shape index (κ1) is 25.3. The number of nitrogens with zero attached hydrogens (tertiary/aromatic N) is 1. The highest BCUT2D eigenvalue weighted by Crippen LogP contribution is 2.62. The van der Waals surface area contributed by atoms with Crippen molar-refractivity contribution in [3.63, 3.8) is 0 Å². The molecular weight excluding hydrogens is 418 g/mol. The highest BCUT2D eigenvalue weighted by atomic mass is 16.6. The number of carbonyl (C=O) groups is 3. The molecule has 182 valence electrons. The van der Waals surface area contributed by atoms with E-state index in [2.05, 4.69) is 19.9 Å². The van der Waals surface area contributed by atoms with E-state index in [9.17, 15) is 14.4 Å². The maximum atomic E-state index is 12.6. The molecule has 1 amide bonds. The van der Waals surface area contributed by atoms with Gasteiger partial charge in [0.1, 0.15) is 0 Å². The standard InChI is InChI=1S/C27H39NO5/c1-16(2)21-14-20-10-11-22-26(7,8)12-9-13-27(22,28(15-29)17(3)4)23(20)25(33-19(6)31)24(21)32-18(5)30/h14-17,22H,9-13H2,1-8H3/t22-,27+/m0/s1. The minimum absolute atomic E-state index is 0.00208. The molecule has 0 saturated heterocycles. The summed E-state index contributed by atoms with van der Waals surface area (Å²) in [5.74, 6) is -0.0722. The van der Waals surface area contributed by atoms with Crippen LogP contribution < -0.4 is 9.47 Å². The quantitative estimate of drug-likeness (QED) is 0.321. The Labute approximate surface area is 198 Å². The molecule has 2 aliphatic rings. The molecule has 0 radical (unpaired) electrons. The number of aryl methyl sites for hydroxylation is 1. The third-order valence-corrected chi connectivity index (χ3v) is 7.62. The van der Waals surface area contributed by atoms with E-state index >= 15 is 0 Å². The first-order chi connectivity index (χ1) is 15.4. The van der Waals surface area contributed by atoms with E-state index in [-0.39, 0.29) is 23.3 Å². The largest absolute Gasteiger partial charge is 0.422 e. The maximum absolute atomic E-state index is 12.6. The van der Waals surface area contributed by atoms with Gasteiger partial charge < -0.3 is 14.4 Å². The van der Waals surface area contributed by atoms with E-state index in [4.69, 9.17) is 9.47 Å². The summed E-state index contributed by atoms with van der Waals surface area (Å²) >= 11 is 0. The molecule has 6 heteroatoms. The van der Waals surface area contributed by atoms with E-state index in [1.165, 1.54) is 13.8 Å². The van der Waals surface area contributed by atoms with Gasteiger partial charge >= 0.3 is 11.9 Å². The number of ether oxygens (including phenoxy) is 2. The van der Waals surface area contributed by atoms with Crippen LogP contribution in [0, 0.1) is 11.3 Å². The highest BCUT2D eigenvalue weighted by Gasteiger charge is 2.58. The van der Waals surface area contributed by atoms with Gasteiger partial charge in [0.05, 0.1) is 5.54 Å². The summed E-state index contributed by atoms with van der Waals surface area (Å²) in [6.45, 7) is 15.4. The molecule has 0 heterocycles. The molecular formula is C27H39NO5. The lowest BCUT2D eigenvalue weighted by Gasteiger charge is -2.60. The zero-order valence-corrected chi connectivity index (χ0v) is 21.4. The topological polar surface area (TPSA) is 72.9 Å². The molecule has 2 atom stereocenters. The monoisotopic (exact) mass is 457 g/mol. The highest BCUT2D eigenvalue weighted by molar-refractivity contribution is 5.77. The van der Waals surface area contributed by atoms with Crippen LogP contribution in [0.15, 0.2) is 6.07 Å². The fraction of sp³-hybridized carbons (Fsp3) is 0.667. The Morgan fingerprint density at radius 2 is 1.67 bits per heavy atom. The Morgan fingerprint density at radius 1 is 1.06 bits per heavy atom. The van der Waals surface area contributed by atoms with Crippen LogP contribution in [0.4, 0.5) is 0 Å².